The Kier molecular flexibility index (Phi) is 2.52. The predicted molar refractivity (Wildman–Crippen MR) is 76.9 cm³/mol. The van der Waals surface area contributed by atoms with Crippen LogP contribution in [0.2, 0.25) is 0 Å². The van der Waals surface area contributed by atoms with Crippen LogP contribution in [-0.2, 0) is 6.42 Å². The van der Waals surface area contributed by atoms with Gasteiger partial charge in [0.1, 0.15) is 0 Å². The largest absolute Gasteiger partial charge is 0.328 e. The summed E-state index contributed by atoms with van der Waals surface area (Å²) >= 11 is 0. The zero-order valence-electron chi connectivity index (χ0n) is 10.9. The smallest absolute Gasteiger partial charge is 0.314 e. The van der Waals surface area contributed by atoms with Crippen molar-refractivity contribution in [3.8, 4) is 11.4 Å². The fourth-order valence-electron chi connectivity index (χ4n) is 2.57. The number of hydrogen-bond donors (Lipinski definition) is 0. The lowest BCUT2D eigenvalue weighted by atomic mass is 10.2. The van der Waals surface area contributed by atoms with Crippen molar-refractivity contribution in [3.05, 3.63) is 60.2 Å². The molecule has 4 nitrogen and oxygen atoms in total. The van der Waals surface area contributed by atoms with Crippen LogP contribution in [0.15, 0.2) is 59.1 Å². The van der Waals surface area contributed by atoms with Gasteiger partial charge < -0.3 is 4.52 Å². The maximum absolute atomic E-state index is 5.42. The van der Waals surface area contributed by atoms with Crippen LogP contribution in [0.4, 0.5) is 11.7 Å². The highest BCUT2D eigenvalue weighted by atomic mass is 16.5. The van der Waals surface area contributed by atoms with Gasteiger partial charge in [0.05, 0.1) is 0 Å². The van der Waals surface area contributed by atoms with Gasteiger partial charge in [-0.15, -0.1) is 0 Å². The van der Waals surface area contributed by atoms with Crippen LogP contribution in [-0.4, -0.2) is 16.7 Å². The maximum Gasteiger partial charge on any atom is 0.328 e. The lowest BCUT2D eigenvalue weighted by Gasteiger charge is -2.12. The molecular formula is C16H13N3O. The van der Waals surface area contributed by atoms with Gasteiger partial charge in [0.25, 0.3) is 0 Å². The van der Waals surface area contributed by atoms with E-state index >= 15 is 0 Å². The molecule has 2 heterocycles. The third-order valence-electron chi connectivity index (χ3n) is 3.57. The first-order chi connectivity index (χ1) is 9.92. The molecule has 1 aliphatic rings. The SMILES string of the molecule is c1ccc(-c2noc(N3CCc4ccccc43)n2)cc1. The molecular weight excluding hydrogens is 250 g/mol. The van der Waals surface area contributed by atoms with Crippen LogP contribution in [0, 0.1) is 0 Å². The molecule has 0 N–H and O–H groups in total. The molecule has 0 amide bonds. The van der Waals surface area contributed by atoms with Crippen LogP contribution in [0.25, 0.3) is 11.4 Å². The second-order valence-corrected chi connectivity index (χ2v) is 4.80. The van der Waals surface area contributed by atoms with E-state index < -0.39 is 0 Å². The second kappa shape index (κ2) is 4.49. The monoisotopic (exact) mass is 263 g/mol. The average Bonchev–Trinajstić information content (AvgIpc) is 3.14. The topological polar surface area (TPSA) is 42.2 Å². The number of benzene rings is 2. The Bertz CT molecular complexity index is 736. The van der Waals surface area contributed by atoms with Gasteiger partial charge in [0, 0.05) is 17.8 Å². The fraction of sp³-hybridized carbons (Fsp3) is 0.125. The molecule has 0 aliphatic carbocycles. The molecule has 0 unspecified atom stereocenters. The average molecular weight is 263 g/mol. The van der Waals surface area contributed by atoms with Gasteiger partial charge in [-0.25, -0.2) is 0 Å². The Hall–Kier alpha value is -2.62. The summed E-state index contributed by atoms with van der Waals surface area (Å²) in [5, 5.41) is 4.08. The zero-order chi connectivity index (χ0) is 13.4. The van der Waals surface area contributed by atoms with E-state index in [0.29, 0.717) is 11.8 Å². The van der Waals surface area contributed by atoms with Crippen molar-refractivity contribution in [2.45, 2.75) is 6.42 Å². The summed E-state index contributed by atoms with van der Waals surface area (Å²) in [6.45, 7) is 0.885. The summed E-state index contributed by atoms with van der Waals surface area (Å²) in [5.74, 6) is 0.630. The summed E-state index contributed by atoms with van der Waals surface area (Å²) in [7, 11) is 0. The first-order valence-corrected chi connectivity index (χ1v) is 6.66. The van der Waals surface area contributed by atoms with Gasteiger partial charge in [0.2, 0.25) is 5.82 Å². The van der Waals surface area contributed by atoms with Gasteiger partial charge in [0.15, 0.2) is 0 Å². The summed E-state index contributed by atoms with van der Waals surface area (Å²) in [4.78, 5) is 6.59. The Morgan fingerprint density at radius 1 is 0.950 bits per heavy atom. The Morgan fingerprint density at radius 3 is 2.65 bits per heavy atom. The Morgan fingerprint density at radius 2 is 1.75 bits per heavy atom. The van der Waals surface area contributed by atoms with E-state index in [2.05, 4.69) is 33.2 Å². The van der Waals surface area contributed by atoms with Crippen LogP contribution in [0.5, 0.6) is 0 Å². The molecule has 0 atom stereocenters. The third-order valence-corrected chi connectivity index (χ3v) is 3.57. The first kappa shape index (κ1) is 11.2. The number of fused-ring (bicyclic) bond motifs is 1. The van der Waals surface area contributed by atoms with E-state index in [4.69, 9.17) is 4.52 Å². The van der Waals surface area contributed by atoms with Crippen molar-refractivity contribution in [1.29, 1.82) is 0 Å². The molecule has 4 rings (SSSR count). The van der Waals surface area contributed by atoms with Crippen molar-refractivity contribution < 1.29 is 4.52 Å². The second-order valence-electron chi connectivity index (χ2n) is 4.80. The number of para-hydroxylation sites is 1. The highest BCUT2D eigenvalue weighted by Gasteiger charge is 2.24. The Balaban J connectivity index is 1.70. The van der Waals surface area contributed by atoms with Gasteiger partial charge in [-0.3, -0.25) is 4.90 Å². The molecule has 0 spiro atoms. The number of rotatable bonds is 2. The lowest BCUT2D eigenvalue weighted by molar-refractivity contribution is 0.424. The number of anilines is 2. The predicted octanol–water partition coefficient (Wildman–Crippen LogP) is 3.43. The quantitative estimate of drug-likeness (QED) is 0.710. The van der Waals surface area contributed by atoms with Crippen LogP contribution in [0.3, 0.4) is 0 Å². The number of aromatic nitrogens is 2. The minimum Gasteiger partial charge on any atom is -0.314 e. The van der Waals surface area contributed by atoms with E-state index in [9.17, 15) is 0 Å². The van der Waals surface area contributed by atoms with E-state index in [1.165, 1.54) is 5.56 Å². The van der Waals surface area contributed by atoms with E-state index in [-0.39, 0.29) is 0 Å². The molecule has 0 saturated carbocycles. The fourth-order valence-corrected chi connectivity index (χ4v) is 2.57. The minimum absolute atomic E-state index is 0.564. The van der Waals surface area contributed by atoms with Gasteiger partial charge >= 0.3 is 6.01 Å². The summed E-state index contributed by atoms with van der Waals surface area (Å²) in [6.07, 6.45) is 1.01. The lowest BCUT2D eigenvalue weighted by Crippen LogP contribution is -2.13. The van der Waals surface area contributed by atoms with Crippen molar-refractivity contribution in [2.75, 3.05) is 11.4 Å². The van der Waals surface area contributed by atoms with E-state index in [1.54, 1.807) is 0 Å². The minimum atomic E-state index is 0.564. The van der Waals surface area contributed by atoms with E-state index in [1.807, 2.05) is 36.4 Å². The Labute approximate surface area is 116 Å². The van der Waals surface area contributed by atoms with Gasteiger partial charge in [-0.05, 0) is 18.1 Å². The van der Waals surface area contributed by atoms with Crippen molar-refractivity contribution >= 4 is 11.7 Å². The van der Waals surface area contributed by atoms with Crippen molar-refractivity contribution in [3.63, 3.8) is 0 Å². The third kappa shape index (κ3) is 1.77. The molecule has 0 saturated heterocycles. The summed E-state index contributed by atoms with van der Waals surface area (Å²) < 4.78 is 5.42. The molecule has 20 heavy (non-hydrogen) atoms. The number of nitrogens with zero attached hydrogens (tertiary/aromatic N) is 3. The van der Waals surface area contributed by atoms with Gasteiger partial charge in [-0.1, -0.05) is 53.7 Å². The molecule has 3 aromatic rings. The molecule has 0 radical (unpaired) electrons. The highest BCUT2D eigenvalue weighted by molar-refractivity contribution is 5.66. The molecule has 0 fully saturated rings. The molecule has 1 aromatic heterocycles. The summed E-state index contributed by atoms with van der Waals surface area (Å²) in [5.41, 5.74) is 3.46. The highest BCUT2D eigenvalue weighted by Crippen LogP contribution is 2.33. The van der Waals surface area contributed by atoms with Crippen molar-refractivity contribution in [2.24, 2.45) is 0 Å². The number of hydrogen-bond acceptors (Lipinski definition) is 4. The van der Waals surface area contributed by atoms with Crippen molar-refractivity contribution in [1.82, 2.24) is 10.1 Å². The molecule has 2 aromatic carbocycles. The van der Waals surface area contributed by atoms with E-state index in [0.717, 1.165) is 24.2 Å². The standard InChI is InChI=1S/C16H13N3O/c1-2-7-13(8-3-1)15-17-16(20-18-15)19-11-10-12-6-4-5-9-14(12)19/h1-9H,10-11H2. The molecule has 1 aliphatic heterocycles. The zero-order valence-corrected chi connectivity index (χ0v) is 10.9. The molecule has 98 valence electrons. The summed E-state index contributed by atoms with van der Waals surface area (Å²) in [6, 6.07) is 18.8. The first-order valence-electron chi connectivity index (χ1n) is 6.66. The van der Waals surface area contributed by atoms with Gasteiger partial charge in [-0.2, -0.15) is 4.98 Å². The van der Waals surface area contributed by atoms with Crippen LogP contribution < -0.4 is 4.90 Å². The maximum atomic E-state index is 5.42. The normalized spacial score (nSPS) is 13.5. The molecule has 0 bridgehead atoms. The van der Waals surface area contributed by atoms with Crippen LogP contribution in [0.1, 0.15) is 5.56 Å². The molecule has 4 heteroatoms. The van der Waals surface area contributed by atoms with Crippen LogP contribution >= 0.6 is 0 Å².